The zero-order valence-corrected chi connectivity index (χ0v) is 17.0. The molecule has 0 bridgehead atoms. The number of hydrogen-bond acceptors (Lipinski definition) is 5. The van der Waals surface area contributed by atoms with Crippen molar-refractivity contribution < 1.29 is 14.0 Å². The van der Waals surface area contributed by atoms with E-state index in [2.05, 4.69) is 10.3 Å². The first-order chi connectivity index (χ1) is 13.4. The number of hydrogen-bond donors (Lipinski definition) is 1. The SMILES string of the molecule is Cc1ccc(-c2nc(C)c(C(=O)Nc3cc(N4CCCC4=O)ccc3Cl)s2)o1. The van der Waals surface area contributed by atoms with Crippen molar-refractivity contribution in [2.24, 2.45) is 0 Å². The minimum Gasteiger partial charge on any atom is -0.459 e. The number of nitrogens with zero attached hydrogens (tertiary/aromatic N) is 2. The first-order valence-electron chi connectivity index (χ1n) is 8.88. The van der Waals surface area contributed by atoms with E-state index >= 15 is 0 Å². The number of furan rings is 1. The molecule has 4 rings (SSSR count). The van der Waals surface area contributed by atoms with Crippen molar-refractivity contribution in [3.8, 4) is 10.8 Å². The van der Waals surface area contributed by atoms with Gasteiger partial charge in [-0.25, -0.2) is 4.98 Å². The number of aryl methyl sites for hydroxylation is 2. The highest BCUT2D eigenvalue weighted by Gasteiger charge is 2.23. The second kappa shape index (κ2) is 7.41. The average Bonchev–Trinajstić information content (AvgIpc) is 3.37. The summed E-state index contributed by atoms with van der Waals surface area (Å²) in [7, 11) is 0. The van der Waals surface area contributed by atoms with Gasteiger partial charge in [0.2, 0.25) is 5.91 Å². The van der Waals surface area contributed by atoms with Gasteiger partial charge in [-0.3, -0.25) is 9.59 Å². The number of carbonyl (C=O) groups excluding carboxylic acids is 2. The Morgan fingerprint density at radius 2 is 2.11 bits per heavy atom. The van der Waals surface area contributed by atoms with Gasteiger partial charge in [0, 0.05) is 18.7 Å². The highest BCUT2D eigenvalue weighted by Crippen LogP contribution is 2.33. The molecule has 0 aliphatic carbocycles. The maximum Gasteiger partial charge on any atom is 0.267 e. The van der Waals surface area contributed by atoms with Crippen LogP contribution in [0.3, 0.4) is 0 Å². The van der Waals surface area contributed by atoms with Crippen LogP contribution in [0, 0.1) is 13.8 Å². The number of aromatic nitrogens is 1. The number of halogens is 1. The Bertz CT molecular complexity index is 1070. The van der Waals surface area contributed by atoms with Gasteiger partial charge in [-0.2, -0.15) is 0 Å². The van der Waals surface area contributed by atoms with Gasteiger partial charge < -0.3 is 14.6 Å². The maximum atomic E-state index is 12.8. The van der Waals surface area contributed by atoms with Crippen LogP contribution in [-0.4, -0.2) is 23.3 Å². The normalized spacial score (nSPS) is 14.0. The van der Waals surface area contributed by atoms with Crippen LogP contribution < -0.4 is 10.2 Å². The van der Waals surface area contributed by atoms with Crippen molar-refractivity contribution in [1.29, 1.82) is 0 Å². The van der Waals surface area contributed by atoms with E-state index in [1.165, 1.54) is 11.3 Å². The fraction of sp³-hybridized carbons (Fsp3) is 0.250. The summed E-state index contributed by atoms with van der Waals surface area (Å²) in [5.74, 6) is 1.21. The molecule has 0 unspecified atom stereocenters. The number of benzene rings is 1. The monoisotopic (exact) mass is 415 g/mol. The zero-order valence-electron chi connectivity index (χ0n) is 15.4. The molecule has 1 aromatic carbocycles. The highest BCUT2D eigenvalue weighted by atomic mass is 35.5. The van der Waals surface area contributed by atoms with Crippen LogP contribution in [0.1, 0.15) is 34.0 Å². The fourth-order valence-corrected chi connectivity index (χ4v) is 4.23. The van der Waals surface area contributed by atoms with Crippen molar-refractivity contribution in [2.75, 3.05) is 16.8 Å². The van der Waals surface area contributed by atoms with Crippen LogP contribution in [0.4, 0.5) is 11.4 Å². The molecule has 3 aromatic rings. The van der Waals surface area contributed by atoms with Gasteiger partial charge in [-0.1, -0.05) is 11.6 Å². The number of rotatable bonds is 4. The second-order valence-electron chi connectivity index (χ2n) is 6.61. The van der Waals surface area contributed by atoms with Gasteiger partial charge in [-0.15, -0.1) is 11.3 Å². The largest absolute Gasteiger partial charge is 0.459 e. The Morgan fingerprint density at radius 1 is 1.29 bits per heavy atom. The summed E-state index contributed by atoms with van der Waals surface area (Å²) in [6.07, 6.45) is 1.37. The topological polar surface area (TPSA) is 75.4 Å². The minimum absolute atomic E-state index is 0.0799. The number of anilines is 2. The lowest BCUT2D eigenvalue weighted by Crippen LogP contribution is -2.23. The van der Waals surface area contributed by atoms with Crippen LogP contribution >= 0.6 is 22.9 Å². The third-order valence-electron chi connectivity index (χ3n) is 4.54. The van der Waals surface area contributed by atoms with E-state index in [4.69, 9.17) is 16.0 Å². The third kappa shape index (κ3) is 3.55. The van der Waals surface area contributed by atoms with Gasteiger partial charge in [-0.05, 0) is 50.6 Å². The molecule has 2 aromatic heterocycles. The molecule has 28 heavy (non-hydrogen) atoms. The van der Waals surface area contributed by atoms with E-state index in [0.29, 0.717) is 45.0 Å². The Balaban J connectivity index is 1.58. The number of carbonyl (C=O) groups is 2. The van der Waals surface area contributed by atoms with Gasteiger partial charge in [0.1, 0.15) is 10.6 Å². The first kappa shape index (κ1) is 18.7. The number of thiazole rings is 1. The van der Waals surface area contributed by atoms with Crippen LogP contribution in [0.25, 0.3) is 10.8 Å². The molecule has 0 saturated carbocycles. The number of nitrogens with one attached hydrogen (secondary N) is 1. The molecule has 1 N–H and O–H groups in total. The molecule has 8 heteroatoms. The average molecular weight is 416 g/mol. The van der Waals surface area contributed by atoms with E-state index in [9.17, 15) is 9.59 Å². The molecule has 6 nitrogen and oxygen atoms in total. The molecule has 3 heterocycles. The van der Waals surface area contributed by atoms with E-state index in [1.54, 1.807) is 30.0 Å². The molecule has 0 radical (unpaired) electrons. The molecular weight excluding hydrogens is 398 g/mol. The van der Waals surface area contributed by atoms with Crippen molar-refractivity contribution in [3.63, 3.8) is 0 Å². The van der Waals surface area contributed by atoms with Gasteiger partial charge in [0.25, 0.3) is 5.91 Å². The van der Waals surface area contributed by atoms with E-state index < -0.39 is 0 Å². The maximum absolute atomic E-state index is 12.8. The predicted molar refractivity (Wildman–Crippen MR) is 110 cm³/mol. The van der Waals surface area contributed by atoms with E-state index in [-0.39, 0.29) is 11.8 Å². The molecule has 0 spiro atoms. The smallest absolute Gasteiger partial charge is 0.267 e. The molecule has 1 aliphatic rings. The quantitative estimate of drug-likeness (QED) is 0.646. The van der Waals surface area contributed by atoms with Crippen molar-refractivity contribution >= 4 is 46.1 Å². The van der Waals surface area contributed by atoms with Crippen molar-refractivity contribution in [2.45, 2.75) is 26.7 Å². The Morgan fingerprint density at radius 3 is 2.79 bits per heavy atom. The van der Waals surface area contributed by atoms with Gasteiger partial charge >= 0.3 is 0 Å². The number of amides is 2. The van der Waals surface area contributed by atoms with Crippen LogP contribution in [0.5, 0.6) is 0 Å². The zero-order chi connectivity index (χ0) is 19.8. The van der Waals surface area contributed by atoms with E-state index in [0.717, 1.165) is 17.9 Å². The molecule has 2 amide bonds. The molecule has 1 saturated heterocycles. The van der Waals surface area contributed by atoms with E-state index in [1.807, 2.05) is 19.1 Å². The molecule has 1 fully saturated rings. The van der Waals surface area contributed by atoms with Crippen LogP contribution in [-0.2, 0) is 4.79 Å². The summed E-state index contributed by atoms with van der Waals surface area (Å²) in [4.78, 5) is 31.5. The molecule has 1 aliphatic heterocycles. The van der Waals surface area contributed by atoms with Gasteiger partial charge in [0.05, 0.1) is 16.4 Å². The lowest BCUT2D eigenvalue weighted by Gasteiger charge is -2.17. The summed E-state index contributed by atoms with van der Waals surface area (Å²) >= 11 is 7.53. The standard InChI is InChI=1S/C20H18ClN3O3S/c1-11-5-8-16(27-11)20-22-12(2)18(28-20)19(26)23-15-10-13(6-7-14(15)21)24-9-3-4-17(24)25/h5-8,10H,3-4,9H2,1-2H3,(H,23,26). The summed E-state index contributed by atoms with van der Waals surface area (Å²) in [5.41, 5.74) is 1.82. The lowest BCUT2D eigenvalue weighted by atomic mass is 10.2. The van der Waals surface area contributed by atoms with Crippen LogP contribution in [0.15, 0.2) is 34.7 Å². The summed E-state index contributed by atoms with van der Waals surface area (Å²) in [6, 6.07) is 8.90. The Hall–Kier alpha value is -2.64. The first-order valence-corrected chi connectivity index (χ1v) is 10.1. The van der Waals surface area contributed by atoms with Gasteiger partial charge in [0.15, 0.2) is 10.8 Å². The fourth-order valence-electron chi connectivity index (χ4n) is 3.14. The summed E-state index contributed by atoms with van der Waals surface area (Å²) in [5, 5.41) is 3.91. The molecular formula is C20H18ClN3O3S. The molecule has 144 valence electrons. The highest BCUT2D eigenvalue weighted by molar-refractivity contribution is 7.17. The predicted octanol–water partition coefficient (Wildman–Crippen LogP) is 5.05. The minimum atomic E-state index is -0.295. The van der Waals surface area contributed by atoms with Crippen molar-refractivity contribution in [1.82, 2.24) is 4.98 Å². The second-order valence-corrected chi connectivity index (χ2v) is 8.02. The Kier molecular flexibility index (Phi) is 4.95. The third-order valence-corrected chi connectivity index (χ3v) is 6.04. The van der Waals surface area contributed by atoms with Crippen molar-refractivity contribution in [3.05, 3.63) is 51.7 Å². The summed E-state index contributed by atoms with van der Waals surface area (Å²) < 4.78 is 5.60. The lowest BCUT2D eigenvalue weighted by molar-refractivity contribution is -0.117. The molecule has 0 atom stereocenters. The Labute approximate surface area is 171 Å². The summed E-state index contributed by atoms with van der Waals surface area (Å²) in [6.45, 7) is 4.32. The van der Waals surface area contributed by atoms with Crippen LogP contribution in [0.2, 0.25) is 5.02 Å².